The Balaban J connectivity index is 1.50. The van der Waals surface area contributed by atoms with Gasteiger partial charge in [-0.3, -0.25) is 4.79 Å². The van der Waals surface area contributed by atoms with Crippen LogP contribution in [0, 0.1) is 0 Å². The van der Waals surface area contributed by atoms with Crippen LogP contribution in [0.15, 0.2) is 30.6 Å². The maximum Gasteiger partial charge on any atom is 0.340 e. The number of rotatable bonds is 7. The first kappa shape index (κ1) is 26.8. The molecule has 10 heteroatoms. The lowest BCUT2D eigenvalue weighted by atomic mass is 9.84. The van der Waals surface area contributed by atoms with Crippen molar-refractivity contribution in [2.24, 2.45) is 5.73 Å². The van der Waals surface area contributed by atoms with Crippen LogP contribution < -0.4 is 15.8 Å². The Labute approximate surface area is 228 Å². The summed E-state index contributed by atoms with van der Waals surface area (Å²) in [5, 5.41) is 4.94. The van der Waals surface area contributed by atoms with Crippen LogP contribution in [0.4, 0.5) is 11.6 Å². The van der Waals surface area contributed by atoms with E-state index in [4.69, 9.17) is 20.2 Å². The number of aromatic nitrogens is 3. The van der Waals surface area contributed by atoms with Crippen molar-refractivity contribution in [3.63, 3.8) is 0 Å². The van der Waals surface area contributed by atoms with Crippen molar-refractivity contribution in [1.82, 2.24) is 19.9 Å². The molecule has 0 saturated carbocycles. The summed E-state index contributed by atoms with van der Waals surface area (Å²) in [7, 11) is 0. The Morgan fingerprint density at radius 1 is 1.23 bits per heavy atom. The fourth-order valence-electron chi connectivity index (χ4n) is 5.20. The van der Waals surface area contributed by atoms with Crippen molar-refractivity contribution in [1.29, 1.82) is 0 Å². The zero-order valence-corrected chi connectivity index (χ0v) is 23.4. The number of anilines is 2. The lowest BCUT2D eigenvalue weighted by Crippen LogP contribution is -2.55. The molecule has 0 aromatic carbocycles. The smallest absolute Gasteiger partial charge is 0.340 e. The molecule has 0 bridgehead atoms. The summed E-state index contributed by atoms with van der Waals surface area (Å²) in [4.78, 5) is 39.8. The minimum absolute atomic E-state index is 0.0319. The molecule has 0 radical (unpaired) electrons. The standard InChI is InChI=1S/C29H36N6O4/c1-7-10-29(6,30)22-13-32-26(38-18-14-35(15-18)17(3)36)21-12-31-24(11-20(21)22)33-23-9-8-19-25(34-23)16(2)28(4,5)39-27(19)37/h8-9,11-13,16,18H,7,10,14-15,30H2,1-6H3,(H,31,33,34)/t16-,29+/m1/s1. The molecular formula is C29H36N6O4. The van der Waals surface area contributed by atoms with E-state index in [2.05, 4.69) is 22.2 Å². The van der Waals surface area contributed by atoms with Crippen LogP contribution in [0.5, 0.6) is 5.88 Å². The summed E-state index contributed by atoms with van der Waals surface area (Å²) in [6, 6.07) is 5.42. The normalized spacial score (nSPS) is 20.0. The van der Waals surface area contributed by atoms with Crippen LogP contribution in [-0.4, -0.2) is 56.5 Å². The quantitative estimate of drug-likeness (QED) is 0.425. The Morgan fingerprint density at radius 3 is 2.67 bits per heavy atom. The van der Waals surface area contributed by atoms with E-state index in [-0.39, 0.29) is 23.9 Å². The van der Waals surface area contributed by atoms with Crippen molar-refractivity contribution in [3.8, 4) is 5.88 Å². The van der Waals surface area contributed by atoms with Crippen LogP contribution in [-0.2, 0) is 15.1 Å². The summed E-state index contributed by atoms with van der Waals surface area (Å²) in [6.07, 6.45) is 5.09. The van der Waals surface area contributed by atoms with Crippen molar-refractivity contribution in [2.75, 3.05) is 18.4 Å². The highest BCUT2D eigenvalue weighted by atomic mass is 16.6. The highest BCUT2D eigenvalue weighted by Crippen LogP contribution is 2.39. The molecular weight excluding hydrogens is 496 g/mol. The first-order chi connectivity index (χ1) is 18.4. The number of hydrogen-bond donors (Lipinski definition) is 2. The number of carbonyl (C=O) groups excluding carboxylic acids is 2. The second-order valence-corrected chi connectivity index (χ2v) is 11.4. The van der Waals surface area contributed by atoms with Crippen molar-refractivity contribution in [2.45, 2.75) is 77.5 Å². The third kappa shape index (κ3) is 5.01. The molecule has 10 nitrogen and oxygen atoms in total. The fraction of sp³-hybridized carbons (Fsp3) is 0.483. The van der Waals surface area contributed by atoms with Gasteiger partial charge in [0.05, 0.1) is 29.7 Å². The molecule has 5 heterocycles. The van der Waals surface area contributed by atoms with Gasteiger partial charge in [-0.25, -0.2) is 19.7 Å². The highest BCUT2D eigenvalue weighted by Gasteiger charge is 2.40. The maximum atomic E-state index is 12.5. The number of cyclic esters (lactones) is 1. The average molecular weight is 533 g/mol. The molecule has 39 heavy (non-hydrogen) atoms. The van der Waals surface area contributed by atoms with Crippen LogP contribution in [0.1, 0.15) is 81.9 Å². The number of nitrogens with two attached hydrogens (primary N) is 1. The number of pyridine rings is 3. The van der Waals surface area contributed by atoms with E-state index < -0.39 is 11.1 Å². The number of nitrogens with one attached hydrogen (secondary N) is 1. The zero-order valence-electron chi connectivity index (χ0n) is 23.4. The molecule has 0 spiro atoms. The van der Waals surface area contributed by atoms with Crippen molar-refractivity contribution < 1.29 is 19.1 Å². The van der Waals surface area contributed by atoms with Crippen LogP contribution in [0.3, 0.4) is 0 Å². The number of carbonyl (C=O) groups is 2. The summed E-state index contributed by atoms with van der Waals surface area (Å²) in [5.41, 5.74) is 7.58. The molecule has 1 fully saturated rings. The van der Waals surface area contributed by atoms with Crippen LogP contribution in [0.25, 0.3) is 10.8 Å². The van der Waals surface area contributed by atoms with Gasteiger partial charge in [-0.15, -0.1) is 0 Å². The second-order valence-electron chi connectivity index (χ2n) is 11.4. The van der Waals surface area contributed by atoms with E-state index in [0.29, 0.717) is 41.9 Å². The van der Waals surface area contributed by atoms with Crippen LogP contribution in [0.2, 0.25) is 0 Å². The molecule has 2 aliphatic rings. The molecule has 3 aromatic heterocycles. The number of nitrogens with zero attached hydrogens (tertiary/aromatic N) is 4. The summed E-state index contributed by atoms with van der Waals surface area (Å²) in [5.74, 6) is 1.22. The number of amides is 1. The minimum atomic E-state index is -0.651. The molecule has 3 N–H and O–H groups in total. The molecule has 0 unspecified atom stereocenters. The minimum Gasteiger partial charge on any atom is -0.470 e. The van der Waals surface area contributed by atoms with Gasteiger partial charge < -0.3 is 25.4 Å². The number of ether oxygens (including phenoxy) is 2. The summed E-state index contributed by atoms with van der Waals surface area (Å²) in [6.45, 7) is 12.5. The van der Waals surface area contributed by atoms with Gasteiger partial charge in [-0.05, 0) is 56.3 Å². The van der Waals surface area contributed by atoms with Gasteiger partial charge in [0, 0.05) is 30.8 Å². The Hall–Kier alpha value is -3.79. The molecule has 1 saturated heterocycles. The van der Waals surface area contributed by atoms with Crippen LogP contribution >= 0.6 is 0 Å². The lowest BCUT2D eigenvalue weighted by molar-refractivity contribution is -0.137. The Bertz CT molecular complexity index is 1450. The van der Waals surface area contributed by atoms with Crippen molar-refractivity contribution in [3.05, 3.63) is 47.4 Å². The molecule has 1 amide bonds. The SMILES string of the molecule is CCC[C@](C)(N)c1cnc(OC2CN(C(C)=O)C2)c2cnc(Nc3ccc4c(n3)[C@@H](C)C(C)(C)OC4=O)cc12. The van der Waals surface area contributed by atoms with Gasteiger partial charge in [0.2, 0.25) is 11.8 Å². The molecule has 3 aromatic rings. The van der Waals surface area contributed by atoms with Gasteiger partial charge in [-0.1, -0.05) is 20.3 Å². The monoisotopic (exact) mass is 532 g/mol. The zero-order chi connectivity index (χ0) is 28.1. The van der Waals surface area contributed by atoms with E-state index in [1.54, 1.807) is 36.4 Å². The van der Waals surface area contributed by atoms with Gasteiger partial charge in [0.15, 0.2) is 0 Å². The summed E-state index contributed by atoms with van der Waals surface area (Å²) >= 11 is 0. The lowest BCUT2D eigenvalue weighted by Gasteiger charge is -2.38. The van der Waals surface area contributed by atoms with E-state index in [0.717, 1.165) is 29.2 Å². The van der Waals surface area contributed by atoms with Gasteiger partial charge in [0.25, 0.3) is 0 Å². The predicted molar refractivity (Wildman–Crippen MR) is 148 cm³/mol. The molecule has 2 aliphatic heterocycles. The van der Waals surface area contributed by atoms with E-state index in [1.165, 1.54) is 0 Å². The maximum absolute atomic E-state index is 12.5. The first-order valence-corrected chi connectivity index (χ1v) is 13.4. The fourth-order valence-corrected chi connectivity index (χ4v) is 5.20. The predicted octanol–water partition coefficient (Wildman–Crippen LogP) is 4.40. The molecule has 5 rings (SSSR count). The molecule has 206 valence electrons. The molecule has 2 atom stereocenters. The third-order valence-electron chi connectivity index (χ3n) is 7.90. The average Bonchev–Trinajstić information content (AvgIpc) is 2.83. The number of fused-ring (bicyclic) bond motifs is 2. The Morgan fingerprint density at radius 2 is 1.97 bits per heavy atom. The number of esters is 1. The molecule has 0 aliphatic carbocycles. The van der Waals surface area contributed by atoms with Gasteiger partial charge >= 0.3 is 5.97 Å². The van der Waals surface area contributed by atoms with Gasteiger partial charge in [-0.2, -0.15) is 0 Å². The first-order valence-electron chi connectivity index (χ1n) is 13.4. The third-order valence-corrected chi connectivity index (χ3v) is 7.90. The second kappa shape index (κ2) is 9.75. The summed E-state index contributed by atoms with van der Waals surface area (Å²) < 4.78 is 11.8. The highest BCUT2D eigenvalue weighted by molar-refractivity contribution is 5.93. The van der Waals surface area contributed by atoms with E-state index >= 15 is 0 Å². The van der Waals surface area contributed by atoms with E-state index in [9.17, 15) is 9.59 Å². The van der Waals surface area contributed by atoms with Crippen molar-refractivity contribution >= 4 is 34.3 Å². The number of likely N-dealkylation sites (tertiary alicyclic amines) is 1. The Kier molecular flexibility index (Phi) is 6.70. The largest absolute Gasteiger partial charge is 0.470 e. The van der Waals surface area contributed by atoms with E-state index in [1.807, 2.05) is 33.8 Å². The van der Waals surface area contributed by atoms with Gasteiger partial charge in [0.1, 0.15) is 23.3 Å². The topological polar surface area (TPSA) is 133 Å². The number of hydrogen-bond acceptors (Lipinski definition) is 9.